The van der Waals surface area contributed by atoms with Gasteiger partial charge in [-0.2, -0.15) is 0 Å². The standard InChI is InChI=1S/C10H12ClNS/c1-3-4-7-12-8(2)9-5-6-10(11)13-9/h1,5-6,8,12H,4,7H2,2H3. The van der Waals surface area contributed by atoms with Gasteiger partial charge in [0.05, 0.1) is 4.34 Å². The van der Waals surface area contributed by atoms with Crippen LogP contribution < -0.4 is 5.32 Å². The van der Waals surface area contributed by atoms with Gasteiger partial charge in [0.15, 0.2) is 0 Å². The van der Waals surface area contributed by atoms with Crippen LogP contribution in [0.25, 0.3) is 0 Å². The van der Waals surface area contributed by atoms with Crippen molar-refractivity contribution in [3.05, 3.63) is 21.3 Å². The van der Waals surface area contributed by atoms with E-state index >= 15 is 0 Å². The van der Waals surface area contributed by atoms with E-state index < -0.39 is 0 Å². The van der Waals surface area contributed by atoms with Gasteiger partial charge in [0.2, 0.25) is 0 Å². The smallest absolute Gasteiger partial charge is 0.0931 e. The van der Waals surface area contributed by atoms with Crippen LogP contribution in [0.2, 0.25) is 4.34 Å². The Labute approximate surface area is 88.1 Å². The average Bonchev–Trinajstić information content (AvgIpc) is 2.52. The first-order chi connectivity index (χ1) is 6.24. The predicted octanol–water partition coefficient (Wildman–Crippen LogP) is 3.08. The molecule has 3 heteroatoms. The third-order valence-electron chi connectivity index (χ3n) is 1.74. The van der Waals surface area contributed by atoms with Gasteiger partial charge in [-0.25, -0.2) is 0 Å². The molecular weight excluding hydrogens is 202 g/mol. The maximum atomic E-state index is 5.82. The SMILES string of the molecule is C#CCCNC(C)c1ccc(Cl)s1. The van der Waals surface area contributed by atoms with E-state index in [1.165, 1.54) is 4.88 Å². The lowest BCUT2D eigenvalue weighted by Crippen LogP contribution is -2.18. The molecule has 0 amide bonds. The quantitative estimate of drug-likeness (QED) is 0.599. The van der Waals surface area contributed by atoms with Crippen molar-refractivity contribution >= 4 is 22.9 Å². The molecule has 1 nitrogen and oxygen atoms in total. The summed E-state index contributed by atoms with van der Waals surface area (Å²) in [7, 11) is 0. The normalized spacial score (nSPS) is 12.4. The zero-order chi connectivity index (χ0) is 9.68. The van der Waals surface area contributed by atoms with Crippen molar-refractivity contribution in [2.45, 2.75) is 19.4 Å². The van der Waals surface area contributed by atoms with Crippen molar-refractivity contribution in [2.75, 3.05) is 6.54 Å². The molecule has 70 valence electrons. The highest BCUT2D eigenvalue weighted by molar-refractivity contribution is 7.16. The van der Waals surface area contributed by atoms with Gasteiger partial charge in [-0.05, 0) is 19.1 Å². The van der Waals surface area contributed by atoms with E-state index in [2.05, 4.69) is 18.2 Å². The highest BCUT2D eigenvalue weighted by Gasteiger charge is 2.06. The summed E-state index contributed by atoms with van der Waals surface area (Å²) in [5.74, 6) is 2.59. The number of thiophene rings is 1. The van der Waals surface area contributed by atoms with E-state index in [0.717, 1.165) is 17.3 Å². The first kappa shape index (κ1) is 10.6. The molecule has 0 saturated carbocycles. The Kier molecular flexibility index (Phi) is 4.31. The Morgan fingerprint density at radius 3 is 3.00 bits per heavy atom. The lowest BCUT2D eigenvalue weighted by atomic mass is 10.2. The van der Waals surface area contributed by atoms with Gasteiger partial charge in [0.25, 0.3) is 0 Å². The molecule has 0 saturated heterocycles. The van der Waals surface area contributed by atoms with Crippen LogP contribution in [0.4, 0.5) is 0 Å². The molecule has 0 spiro atoms. The molecule has 1 atom stereocenters. The van der Waals surface area contributed by atoms with Crippen LogP contribution in [0.5, 0.6) is 0 Å². The summed E-state index contributed by atoms with van der Waals surface area (Å²) < 4.78 is 0.834. The molecule has 1 unspecified atom stereocenters. The third-order valence-corrected chi connectivity index (χ3v) is 3.15. The maximum Gasteiger partial charge on any atom is 0.0931 e. The second-order valence-electron chi connectivity index (χ2n) is 2.77. The average molecular weight is 214 g/mol. The number of halogens is 1. The van der Waals surface area contributed by atoms with Gasteiger partial charge in [0, 0.05) is 23.9 Å². The highest BCUT2D eigenvalue weighted by atomic mass is 35.5. The summed E-state index contributed by atoms with van der Waals surface area (Å²) in [4.78, 5) is 1.25. The van der Waals surface area contributed by atoms with E-state index in [4.69, 9.17) is 18.0 Å². The van der Waals surface area contributed by atoms with E-state index in [0.29, 0.717) is 6.04 Å². The lowest BCUT2D eigenvalue weighted by molar-refractivity contribution is 0.592. The van der Waals surface area contributed by atoms with Crippen LogP contribution in [0, 0.1) is 12.3 Å². The molecule has 1 rings (SSSR count). The van der Waals surface area contributed by atoms with Gasteiger partial charge < -0.3 is 5.32 Å². The fraction of sp³-hybridized carbons (Fsp3) is 0.400. The first-order valence-corrected chi connectivity index (χ1v) is 5.35. The molecule has 0 aromatic carbocycles. The molecule has 1 heterocycles. The molecule has 0 aliphatic rings. The minimum Gasteiger partial charge on any atom is -0.309 e. The minimum absolute atomic E-state index is 0.339. The van der Waals surface area contributed by atoms with Crippen molar-refractivity contribution in [2.24, 2.45) is 0 Å². The van der Waals surface area contributed by atoms with Crippen LogP contribution in [-0.4, -0.2) is 6.54 Å². The fourth-order valence-electron chi connectivity index (χ4n) is 1.02. The summed E-state index contributed by atoms with van der Waals surface area (Å²) in [6.07, 6.45) is 5.92. The van der Waals surface area contributed by atoms with Crippen molar-refractivity contribution in [1.29, 1.82) is 0 Å². The molecule has 0 fully saturated rings. The van der Waals surface area contributed by atoms with Crippen LogP contribution in [-0.2, 0) is 0 Å². The predicted molar refractivity (Wildman–Crippen MR) is 59.2 cm³/mol. The highest BCUT2D eigenvalue weighted by Crippen LogP contribution is 2.26. The largest absolute Gasteiger partial charge is 0.309 e. The number of nitrogens with one attached hydrogen (secondary N) is 1. The summed E-state index contributed by atoms with van der Waals surface area (Å²) in [5, 5.41) is 3.32. The van der Waals surface area contributed by atoms with Gasteiger partial charge in [-0.15, -0.1) is 23.7 Å². The van der Waals surface area contributed by atoms with Crippen molar-refractivity contribution in [3.63, 3.8) is 0 Å². The van der Waals surface area contributed by atoms with Gasteiger partial charge in [0.1, 0.15) is 0 Å². The van der Waals surface area contributed by atoms with E-state index in [1.54, 1.807) is 11.3 Å². The maximum absolute atomic E-state index is 5.82. The Balaban J connectivity index is 2.40. The van der Waals surface area contributed by atoms with E-state index in [-0.39, 0.29) is 0 Å². The first-order valence-electron chi connectivity index (χ1n) is 4.16. The third kappa shape index (κ3) is 3.40. The Morgan fingerprint density at radius 1 is 1.69 bits per heavy atom. The number of hydrogen-bond acceptors (Lipinski definition) is 2. The van der Waals surface area contributed by atoms with Gasteiger partial charge in [-0.1, -0.05) is 11.6 Å². The minimum atomic E-state index is 0.339. The number of terminal acetylenes is 1. The molecule has 1 aromatic rings. The van der Waals surface area contributed by atoms with Crippen LogP contribution >= 0.6 is 22.9 Å². The Bertz CT molecular complexity index is 300. The van der Waals surface area contributed by atoms with Crippen molar-refractivity contribution in [1.82, 2.24) is 5.32 Å². The van der Waals surface area contributed by atoms with E-state index in [1.807, 2.05) is 12.1 Å². The summed E-state index contributed by atoms with van der Waals surface area (Å²) in [6.45, 7) is 2.96. The summed E-state index contributed by atoms with van der Waals surface area (Å²) >= 11 is 7.43. The fourth-order valence-corrected chi connectivity index (χ4v) is 2.11. The topological polar surface area (TPSA) is 12.0 Å². The zero-order valence-electron chi connectivity index (χ0n) is 7.51. The molecule has 13 heavy (non-hydrogen) atoms. The second kappa shape index (κ2) is 5.29. The monoisotopic (exact) mass is 213 g/mol. The number of rotatable bonds is 4. The van der Waals surface area contributed by atoms with Gasteiger partial charge >= 0.3 is 0 Å². The zero-order valence-corrected chi connectivity index (χ0v) is 9.08. The molecule has 0 radical (unpaired) electrons. The number of hydrogen-bond donors (Lipinski definition) is 1. The second-order valence-corrected chi connectivity index (χ2v) is 4.52. The van der Waals surface area contributed by atoms with Crippen molar-refractivity contribution in [3.8, 4) is 12.3 Å². The molecule has 1 aromatic heterocycles. The molecule has 0 aliphatic heterocycles. The summed E-state index contributed by atoms with van der Waals surface area (Å²) in [6, 6.07) is 4.30. The van der Waals surface area contributed by atoms with Crippen LogP contribution in [0.15, 0.2) is 12.1 Å². The Morgan fingerprint density at radius 2 is 2.46 bits per heavy atom. The Hall–Kier alpha value is -0.490. The van der Waals surface area contributed by atoms with E-state index in [9.17, 15) is 0 Å². The lowest BCUT2D eigenvalue weighted by Gasteiger charge is -2.09. The molecule has 0 bridgehead atoms. The molecular formula is C10H12ClNS. The van der Waals surface area contributed by atoms with Crippen LogP contribution in [0.3, 0.4) is 0 Å². The van der Waals surface area contributed by atoms with Crippen LogP contribution in [0.1, 0.15) is 24.3 Å². The molecule has 1 N–H and O–H groups in total. The molecule has 0 aliphatic carbocycles. The van der Waals surface area contributed by atoms with Crippen molar-refractivity contribution < 1.29 is 0 Å². The summed E-state index contributed by atoms with van der Waals surface area (Å²) in [5.41, 5.74) is 0. The van der Waals surface area contributed by atoms with Gasteiger partial charge in [-0.3, -0.25) is 0 Å².